The largest absolute Gasteiger partial charge is 0.483 e. The number of aromatic nitrogens is 1. The van der Waals surface area contributed by atoms with Crippen LogP contribution < -0.4 is 20.3 Å². The van der Waals surface area contributed by atoms with Gasteiger partial charge in [0.05, 0.1) is 6.54 Å². The van der Waals surface area contributed by atoms with Crippen LogP contribution in [-0.4, -0.2) is 29.2 Å². The van der Waals surface area contributed by atoms with Gasteiger partial charge in [0.1, 0.15) is 17.8 Å². The van der Waals surface area contributed by atoms with Crippen molar-refractivity contribution in [3.63, 3.8) is 0 Å². The lowest BCUT2D eigenvalue weighted by Crippen LogP contribution is -2.32. The van der Waals surface area contributed by atoms with Gasteiger partial charge in [-0.05, 0) is 32.0 Å². The van der Waals surface area contributed by atoms with Crippen molar-refractivity contribution in [3.05, 3.63) is 58.0 Å². The van der Waals surface area contributed by atoms with E-state index in [1.54, 1.807) is 19.3 Å². The third kappa shape index (κ3) is 4.32. The molecule has 1 N–H and O–H groups in total. The van der Waals surface area contributed by atoms with Crippen LogP contribution >= 0.6 is 0 Å². The highest BCUT2D eigenvalue weighted by Gasteiger charge is 2.32. The Morgan fingerprint density at radius 2 is 2.11 bits per heavy atom. The molecule has 0 spiro atoms. The summed E-state index contributed by atoms with van der Waals surface area (Å²) in [5.74, 6) is 6.67. The zero-order valence-corrected chi connectivity index (χ0v) is 15.7. The summed E-state index contributed by atoms with van der Waals surface area (Å²) < 4.78 is 13.0. The molecule has 0 radical (unpaired) electrons. The predicted octanol–water partition coefficient (Wildman–Crippen LogP) is 1.91. The van der Waals surface area contributed by atoms with Crippen molar-refractivity contribution in [2.24, 2.45) is 7.05 Å². The van der Waals surface area contributed by atoms with E-state index in [0.717, 1.165) is 17.7 Å². The number of rotatable bonds is 4. The normalized spacial score (nSPS) is 13.7. The van der Waals surface area contributed by atoms with Crippen molar-refractivity contribution in [2.45, 2.75) is 25.9 Å². The highest BCUT2D eigenvalue weighted by Crippen LogP contribution is 2.41. The van der Waals surface area contributed by atoms with Crippen LogP contribution in [0.3, 0.4) is 0 Å². The Labute approximate surface area is 158 Å². The Kier molecular flexibility index (Phi) is 5.22. The first-order valence-corrected chi connectivity index (χ1v) is 8.71. The van der Waals surface area contributed by atoms with Crippen molar-refractivity contribution < 1.29 is 14.3 Å². The number of para-hydroxylation sites is 1. The third-order valence-electron chi connectivity index (χ3n) is 4.19. The highest BCUT2D eigenvalue weighted by molar-refractivity contribution is 5.93. The molecule has 0 bridgehead atoms. The number of carbonyl (C=O) groups is 1. The van der Waals surface area contributed by atoms with Crippen LogP contribution in [0.1, 0.15) is 29.8 Å². The van der Waals surface area contributed by atoms with Crippen molar-refractivity contribution in [1.29, 1.82) is 0 Å². The minimum absolute atomic E-state index is 0.0951. The average Bonchev–Trinajstić information content (AvgIpc) is 2.94. The van der Waals surface area contributed by atoms with E-state index in [2.05, 4.69) is 17.2 Å². The lowest BCUT2D eigenvalue weighted by Gasteiger charge is -2.17. The van der Waals surface area contributed by atoms with E-state index < -0.39 is 5.91 Å². The topological polar surface area (TPSA) is 69.6 Å². The van der Waals surface area contributed by atoms with Crippen LogP contribution in [0.2, 0.25) is 0 Å². The zero-order chi connectivity index (χ0) is 19.4. The molecule has 1 aliphatic rings. The smallest absolute Gasteiger partial charge is 0.263 e. The molecule has 0 unspecified atom stereocenters. The maximum atomic E-state index is 12.0. The molecule has 2 aromatic rings. The molecule has 0 aliphatic carbocycles. The molecule has 140 valence electrons. The number of amides is 1. The van der Waals surface area contributed by atoms with E-state index in [4.69, 9.17) is 9.47 Å². The van der Waals surface area contributed by atoms with Gasteiger partial charge in [0.2, 0.25) is 0 Å². The standard InChI is InChI=1S/C21H22N2O4/c1-21(2)14-15-8-6-10-17(18(15)27-21)26-13-5-4-11-22-19(24)16-9-7-12-23(3)20(16)25/h6-10,12H,11,13-14H2,1-3H3,(H,22,24). The van der Waals surface area contributed by atoms with Gasteiger partial charge < -0.3 is 19.4 Å². The average molecular weight is 366 g/mol. The van der Waals surface area contributed by atoms with Gasteiger partial charge in [-0.15, -0.1) is 0 Å². The van der Waals surface area contributed by atoms with Crippen LogP contribution in [0, 0.1) is 11.8 Å². The lowest BCUT2D eigenvalue weighted by molar-refractivity contribution is 0.0956. The maximum Gasteiger partial charge on any atom is 0.263 e. The Hall–Kier alpha value is -3.20. The van der Waals surface area contributed by atoms with E-state index in [9.17, 15) is 9.59 Å². The number of carbonyl (C=O) groups excluding carboxylic acids is 1. The van der Waals surface area contributed by atoms with Crippen LogP contribution in [-0.2, 0) is 13.5 Å². The number of fused-ring (bicyclic) bond motifs is 1. The van der Waals surface area contributed by atoms with Gasteiger partial charge >= 0.3 is 0 Å². The minimum Gasteiger partial charge on any atom is -0.483 e. The summed E-state index contributed by atoms with van der Waals surface area (Å²) in [5, 5.41) is 2.61. The van der Waals surface area contributed by atoms with Crippen molar-refractivity contribution in [1.82, 2.24) is 9.88 Å². The number of aryl methyl sites for hydroxylation is 1. The molecule has 27 heavy (non-hydrogen) atoms. The van der Waals surface area contributed by atoms with Gasteiger partial charge in [-0.1, -0.05) is 24.0 Å². The SMILES string of the molecule is Cn1cccc(C(=O)NCC#CCOc2cccc3c2OC(C)(C)C3)c1=O. The molecular formula is C21H22N2O4. The Balaban J connectivity index is 1.52. The van der Waals surface area contributed by atoms with Crippen molar-refractivity contribution >= 4 is 5.91 Å². The fourth-order valence-electron chi connectivity index (χ4n) is 2.92. The van der Waals surface area contributed by atoms with Crippen molar-refractivity contribution in [2.75, 3.05) is 13.2 Å². The molecule has 0 saturated carbocycles. The van der Waals surface area contributed by atoms with Crippen LogP contribution in [0.4, 0.5) is 0 Å². The maximum absolute atomic E-state index is 12.0. The summed E-state index contributed by atoms with van der Waals surface area (Å²) in [6, 6.07) is 8.97. The van der Waals surface area contributed by atoms with Gasteiger partial charge in [-0.3, -0.25) is 9.59 Å². The van der Waals surface area contributed by atoms with Gasteiger partial charge in [0, 0.05) is 25.2 Å². The monoisotopic (exact) mass is 366 g/mol. The van der Waals surface area contributed by atoms with E-state index >= 15 is 0 Å². The zero-order valence-electron chi connectivity index (χ0n) is 15.7. The third-order valence-corrected chi connectivity index (χ3v) is 4.19. The van der Waals surface area contributed by atoms with Crippen LogP contribution in [0.25, 0.3) is 0 Å². The molecule has 0 fully saturated rings. The first-order chi connectivity index (χ1) is 12.9. The van der Waals surface area contributed by atoms with Crippen molar-refractivity contribution in [3.8, 4) is 23.3 Å². The number of hydrogen-bond acceptors (Lipinski definition) is 4. The molecule has 2 heterocycles. The van der Waals surface area contributed by atoms with Gasteiger partial charge in [-0.2, -0.15) is 0 Å². The molecule has 1 aromatic heterocycles. The molecular weight excluding hydrogens is 344 g/mol. The molecule has 6 nitrogen and oxygen atoms in total. The summed E-state index contributed by atoms with van der Waals surface area (Å²) in [7, 11) is 1.60. The second-order valence-corrected chi connectivity index (χ2v) is 6.95. The summed E-state index contributed by atoms with van der Waals surface area (Å²) in [4.78, 5) is 23.9. The predicted molar refractivity (Wildman–Crippen MR) is 102 cm³/mol. The van der Waals surface area contributed by atoms with E-state index in [1.165, 1.54) is 10.6 Å². The van der Waals surface area contributed by atoms with E-state index in [0.29, 0.717) is 5.75 Å². The summed E-state index contributed by atoms with van der Waals surface area (Å²) in [5.41, 5.74) is 0.652. The van der Waals surface area contributed by atoms with E-state index in [1.807, 2.05) is 32.0 Å². The molecule has 0 saturated heterocycles. The quantitative estimate of drug-likeness (QED) is 0.840. The Morgan fingerprint density at radius 1 is 1.30 bits per heavy atom. The Bertz CT molecular complexity index is 980. The second-order valence-electron chi connectivity index (χ2n) is 6.95. The summed E-state index contributed by atoms with van der Waals surface area (Å²) in [6.07, 6.45) is 2.44. The molecule has 1 aromatic carbocycles. The molecule has 1 amide bonds. The van der Waals surface area contributed by atoms with Gasteiger partial charge in [-0.25, -0.2) is 0 Å². The summed E-state index contributed by atoms with van der Waals surface area (Å²) in [6.45, 7) is 4.40. The second kappa shape index (κ2) is 7.58. The van der Waals surface area contributed by atoms with Gasteiger partial charge in [0.25, 0.3) is 11.5 Å². The first kappa shape index (κ1) is 18.6. The number of benzene rings is 1. The number of nitrogens with zero attached hydrogens (tertiary/aromatic N) is 1. The minimum atomic E-state index is -0.442. The molecule has 6 heteroatoms. The lowest BCUT2D eigenvalue weighted by atomic mass is 10.0. The highest BCUT2D eigenvalue weighted by atomic mass is 16.5. The first-order valence-electron chi connectivity index (χ1n) is 8.71. The summed E-state index contributed by atoms with van der Waals surface area (Å²) >= 11 is 0. The number of nitrogens with one attached hydrogen (secondary N) is 1. The van der Waals surface area contributed by atoms with E-state index in [-0.39, 0.29) is 29.9 Å². The van der Waals surface area contributed by atoms with Crippen LogP contribution in [0.15, 0.2) is 41.3 Å². The number of pyridine rings is 1. The number of ether oxygens (including phenoxy) is 2. The van der Waals surface area contributed by atoms with Crippen LogP contribution in [0.5, 0.6) is 11.5 Å². The fraction of sp³-hybridized carbons (Fsp3) is 0.333. The molecule has 1 aliphatic heterocycles. The number of hydrogen-bond donors (Lipinski definition) is 1. The molecule has 3 rings (SSSR count). The Morgan fingerprint density at radius 3 is 2.93 bits per heavy atom. The van der Waals surface area contributed by atoms with Gasteiger partial charge in [0.15, 0.2) is 11.5 Å². The molecule has 0 atom stereocenters. The fourth-order valence-corrected chi connectivity index (χ4v) is 2.92.